The van der Waals surface area contributed by atoms with Crippen molar-refractivity contribution in [3.63, 3.8) is 0 Å². The van der Waals surface area contributed by atoms with Crippen LogP contribution in [-0.2, 0) is 20.9 Å². The van der Waals surface area contributed by atoms with Crippen molar-refractivity contribution in [3.05, 3.63) is 29.8 Å². The lowest BCUT2D eigenvalue weighted by Gasteiger charge is -2.24. The molecule has 0 saturated heterocycles. The Morgan fingerprint density at radius 2 is 1.41 bits per heavy atom. The van der Waals surface area contributed by atoms with Gasteiger partial charge in [0, 0.05) is 12.2 Å². The van der Waals surface area contributed by atoms with E-state index in [2.05, 4.69) is 67.7 Å². The number of rotatable bonds is 13. The molecular weight excluding hydrogens is 528 g/mol. The van der Waals surface area contributed by atoms with E-state index < -0.39 is 36.1 Å². The molecule has 4 amide bonds. The predicted molar refractivity (Wildman–Crippen MR) is 165 cm³/mol. The van der Waals surface area contributed by atoms with Crippen molar-refractivity contribution in [2.75, 3.05) is 11.9 Å². The van der Waals surface area contributed by atoms with Crippen molar-refractivity contribution in [2.24, 2.45) is 17.5 Å². The van der Waals surface area contributed by atoms with E-state index in [0.717, 1.165) is 0 Å². The fourth-order valence-corrected chi connectivity index (χ4v) is 2.68. The third kappa shape index (κ3) is 25.3. The van der Waals surface area contributed by atoms with E-state index in [0.29, 0.717) is 17.7 Å². The molecule has 2 atom stereocenters. The van der Waals surface area contributed by atoms with Crippen LogP contribution in [0.2, 0.25) is 0 Å². The second-order valence-corrected chi connectivity index (χ2v) is 9.54. The summed E-state index contributed by atoms with van der Waals surface area (Å²) in [4.78, 5) is 46.5. The second kappa shape index (κ2) is 28.2. The Balaban J connectivity index is -0.00000125. The molecule has 1 aromatic rings. The predicted octanol–water partition coefficient (Wildman–Crippen LogP) is 4.88. The van der Waals surface area contributed by atoms with E-state index >= 15 is 0 Å². The van der Waals surface area contributed by atoms with Crippen molar-refractivity contribution in [2.45, 2.75) is 113 Å². The molecular formula is C29H56N6O6. The van der Waals surface area contributed by atoms with Gasteiger partial charge in [-0.25, -0.2) is 15.0 Å². The molecule has 1 unspecified atom stereocenters. The smallest absolute Gasteiger partial charge is 0.450 e. The van der Waals surface area contributed by atoms with E-state index in [-0.39, 0.29) is 25.5 Å². The van der Waals surface area contributed by atoms with Gasteiger partial charge in [0.05, 0.1) is 0 Å². The number of amides is 4. The monoisotopic (exact) mass is 584 g/mol. The molecule has 0 saturated carbocycles. The maximum Gasteiger partial charge on any atom is 0.506 e. The third-order valence-electron chi connectivity index (χ3n) is 4.81. The average Bonchev–Trinajstić information content (AvgIpc) is 2.91. The summed E-state index contributed by atoms with van der Waals surface area (Å²) in [5.74, 6) is 4.45. The zero-order valence-electron chi connectivity index (χ0n) is 26.3. The van der Waals surface area contributed by atoms with Crippen molar-refractivity contribution < 1.29 is 29.0 Å². The first-order chi connectivity index (χ1) is 19.4. The zero-order chi connectivity index (χ0) is 32.2. The highest BCUT2D eigenvalue weighted by Gasteiger charge is 2.26. The first kappa shape index (κ1) is 42.1. The van der Waals surface area contributed by atoms with Crippen LogP contribution in [0.25, 0.3) is 0 Å². The largest absolute Gasteiger partial charge is 0.506 e. The summed E-state index contributed by atoms with van der Waals surface area (Å²) >= 11 is 0. The zero-order valence-corrected chi connectivity index (χ0v) is 26.3. The standard InChI is InChI=1S/C19H30N6O6.C4H10.2C3H8/c1-11(2)15(25-21)17(27)24-14(4-3-9-22-18(20)28)16(26)23-13-7-5-12(6-8-13)10-31-19(29)30;1-3-4-2;2*1-3-2/h5-8,11,14-15,25H,3-4,9-10,21H2,1-2H3,(H,23,26)(H,24,27)(H,29,30)(H3,20,22,28);3-4H2,1-2H3;2*3H2,1-2H3/t14-,15?;;;/m0.../s1. The lowest BCUT2D eigenvalue weighted by molar-refractivity contribution is -0.128. The number of carboxylic acid groups (broad SMARTS) is 1. The minimum absolute atomic E-state index is 0.106. The number of carbonyl (C=O) groups excluding carboxylic acids is 3. The highest BCUT2D eigenvalue weighted by molar-refractivity contribution is 5.97. The number of primary amides is 1. The number of nitrogens with one attached hydrogen (secondary N) is 4. The van der Waals surface area contributed by atoms with Crippen LogP contribution in [0.3, 0.4) is 0 Å². The lowest BCUT2D eigenvalue weighted by Crippen LogP contribution is -2.55. The topological polar surface area (TPSA) is 198 Å². The Morgan fingerprint density at radius 3 is 1.80 bits per heavy atom. The molecule has 0 aliphatic carbocycles. The summed E-state index contributed by atoms with van der Waals surface area (Å²) in [6.07, 6.45) is 4.40. The van der Waals surface area contributed by atoms with Crippen LogP contribution in [-0.4, -0.2) is 47.7 Å². The molecule has 0 radical (unpaired) electrons. The molecule has 1 aromatic carbocycles. The van der Waals surface area contributed by atoms with Crippen LogP contribution >= 0.6 is 0 Å². The van der Waals surface area contributed by atoms with Gasteiger partial charge in [0.15, 0.2) is 0 Å². The van der Waals surface area contributed by atoms with Gasteiger partial charge >= 0.3 is 12.2 Å². The maximum atomic E-state index is 12.8. The Bertz CT molecular complexity index is 817. The first-order valence-corrected chi connectivity index (χ1v) is 14.4. The number of urea groups is 1. The van der Waals surface area contributed by atoms with Gasteiger partial charge in [-0.2, -0.15) is 0 Å². The highest BCUT2D eigenvalue weighted by Crippen LogP contribution is 2.12. The van der Waals surface area contributed by atoms with Crippen LogP contribution in [0.1, 0.15) is 99.5 Å². The van der Waals surface area contributed by atoms with E-state index in [9.17, 15) is 19.2 Å². The lowest BCUT2D eigenvalue weighted by atomic mass is 10.0. The van der Waals surface area contributed by atoms with E-state index in [4.69, 9.17) is 16.7 Å². The second-order valence-electron chi connectivity index (χ2n) is 9.54. The van der Waals surface area contributed by atoms with Gasteiger partial charge in [0.1, 0.15) is 18.7 Å². The highest BCUT2D eigenvalue weighted by atomic mass is 16.7. The number of hydrogen-bond acceptors (Lipinski definition) is 7. The molecule has 12 nitrogen and oxygen atoms in total. The van der Waals surface area contributed by atoms with E-state index in [1.54, 1.807) is 24.3 Å². The Hall–Kier alpha value is -3.38. The molecule has 12 heteroatoms. The average molecular weight is 585 g/mol. The molecule has 41 heavy (non-hydrogen) atoms. The van der Waals surface area contributed by atoms with Crippen LogP contribution in [0.5, 0.6) is 0 Å². The number of hydrogen-bond donors (Lipinski definition) is 7. The van der Waals surface area contributed by atoms with Crippen LogP contribution in [0, 0.1) is 5.92 Å². The number of anilines is 1. The van der Waals surface area contributed by atoms with Gasteiger partial charge in [0.25, 0.3) is 0 Å². The number of benzene rings is 1. The summed E-state index contributed by atoms with van der Waals surface area (Å²) in [6, 6.07) is 4.14. The summed E-state index contributed by atoms with van der Waals surface area (Å²) in [5, 5.41) is 16.3. The Kier molecular flexibility index (Phi) is 28.9. The summed E-state index contributed by atoms with van der Waals surface area (Å²) in [7, 11) is 0. The van der Waals surface area contributed by atoms with Gasteiger partial charge in [-0.3, -0.25) is 15.4 Å². The third-order valence-corrected chi connectivity index (χ3v) is 4.81. The minimum Gasteiger partial charge on any atom is -0.450 e. The quantitative estimate of drug-likeness (QED) is 0.0736. The Morgan fingerprint density at radius 1 is 0.902 bits per heavy atom. The number of nitrogens with two attached hydrogens (primary N) is 2. The molecule has 0 heterocycles. The fraction of sp³-hybridized carbons (Fsp3) is 0.655. The molecule has 0 aromatic heterocycles. The van der Waals surface area contributed by atoms with Crippen molar-refractivity contribution in [1.29, 1.82) is 0 Å². The van der Waals surface area contributed by atoms with Gasteiger partial charge in [-0.1, -0.05) is 93.2 Å². The number of hydrazine groups is 1. The summed E-state index contributed by atoms with van der Waals surface area (Å²) < 4.78 is 4.48. The fourth-order valence-electron chi connectivity index (χ4n) is 2.68. The summed E-state index contributed by atoms with van der Waals surface area (Å²) in [6.45, 7) is 16.6. The van der Waals surface area contributed by atoms with Gasteiger partial charge in [0.2, 0.25) is 11.8 Å². The van der Waals surface area contributed by atoms with Crippen molar-refractivity contribution in [3.8, 4) is 0 Å². The number of ether oxygens (including phenoxy) is 1. The van der Waals surface area contributed by atoms with Crippen LogP contribution in [0.4, 0.5) is 15.3 Å². The molecule has 0 bridgehead atoms. The molecule has 0 spiro atoms. The SMILES string of the molecule is CC(C)C(NN)C(=O)N[C@@H](CCCNC(N)=O)C(=O)Nc1ccc(COC(=O)O)cc1.CCC.CCC.CCCC. The van der Waals surface area contributed by atoms with Crippen molar-refractivity contribution >= 4 is 29.7 Å². The summed E-state index contributed by atoms with van der Waals surface area (Å²) in [5.41, 5.74) is 8.53. The van der Waals surface area contributed by atoms with Gasteiger partial charge in [-0.15, -0.1) is 0 Å². The van der Waals surface area contributed by atoms with Gasteiger partial charge < -0.3 is 31.5 Å². The number of carbonyl (C=O) groups is 4. The van der Waals surface area contributed by atoms with E-state index in [1.807, 2.05) is 13.8 Å². The molecule has 1 rings (SSSR count). The molecule has 9 N–H and O–H groups in total. The van der Waals surface area contributed by atoms with Crippen LogP contribution in [0.15, 0.2) is 24.3 Å². The first-order valence-electron chi connectivity index (χ1n) is 14.4. The van der Waals surface area contributed by atoms with Gasteiger partial charge in [-0.05, 0) is 36.5 Å². The molecule has 0 aliphatic heterocycles. The number of unbranched alkanes of at least 4 members (excludes halogenated alkanes) is 1. The maximum absolute atomic E-state index is 12.8. The Labute approximate surface area is 246 Å². The van der Waals surface area contributed by atoms with E-state index in [1.165, 1.54) is 25.7 Å². The van der Waals surface area contributed by atoms with Crippen LogP contribution < -0.4 is 33.0 Å². The minimum atomic E-state index is -1.38. The molecule has 0 fully saturated rings. The normalized spacial score (nSPS) is 11.1. The molecule has 0 aliphatic rings. The molecule has 238 valence electrons. The van der Waals surface area contributed by atoms with Crippen molar-refractivity contribution in [1.82, 2.24) is 16.1 Å².